The molecule has 10 heteroatoms. The highest BCUT2D eigenvalue weighted by atomic mass is 35.5. The predicted octanol–water partition coefficient (Wildman–Crippen LogP) is 5.55. The predicted molar refractivity (Wildman–Crippen MR) is 115 cm³/mol. The minimum atomic E-state index is -4.81. The Morgan fingerprint density at radius 3 is 2.21 bits per heavy atom. The van der Waals surface area contributed by atoms with Gasteiger partial charge in [-0.3, -0.25) is 14.4 Å². The number of halogens is 5. The Morgan fingerprint density at radius 1 is 0.853 bits per heavy atom. The molecule has 5 nitrogen and oxygen atoms in total. The number of imide groups is 1. The molecule has 0 bridgehead atoms. The maximum atomic E-state index is 15.0. The van der Waals surface area contributed by atoms with Gasteiger partial charge in [-0.2, -0.15) is 13.2 Å². The minimum Gasteiger partial charge on any atom is -0.273 e. The van der Waals surface area contributed by atoms with E-state index in [4.69, 9.17) is 16.4 Å². The van der Waals surface area contributed by atoms with Crippen molar-refractivity contribution >= 4 is 34.8 Å². The lowest BCUT2D eigenvalue weighted by atomic mass is 9.90. The molecular weight excluding hydrogens is 476 g/mol. The number of nitrogens with zero attached hydrogens (tertiary/aromatic N) is 2. The summed E-state index contributed by atoms with van der Waals surface area (Å²) in [6.07, 6.45) is -6.27. The van der Waals surface area contributed by atoms with Gasteiger partial charge < -0.3 is 0 Å². The third-order valence-electron chi connectivity index (χ3n) is 5.87. The van der Waals surface area contributed by atoms with Gasteiger partial charge in [-0.15, -0.1) is 0 Å². The molecule has 2 aliphatic rings. The second kappa shape index (κ2) is 8.11. The molecule has 34 heavy (non-hydrogen) atoms. The number of amides is 2. The Labute approximate surface area is 196 Å². The van der Waals surface area contributed by atoms with E-state index in [9.17, 15) is 27.2 Å². The van der Waals surface area contributed by atoms with E-state index in [0.29, 0.717) is 10.6 Å². The number of hydroxylamine groups is 1. The fourth-order valence-corrected chi connectivity index (χ4v) is 4.72. The maximum absolute atomic E-state index is 15.0. The van der Waals surface area contributed by atoms with Crippen LogP contribution in [0.3, 0.4) is 0 Å². The number of rotatable bonds is 3. The molecule has 0 radical (unpaired) electrons. The topological polar surface area (TPSA) is 49.9 Å². The van der Waals surface area contributed by atoms with Crippen LogP contribution in [-0.2, 0) is 20.6 Å². The first-order valence-electron chi connectivity index (χ1n) is 10.2. The van der Waals surface area contributed by atoms with Crippen LogP contribution >= 0.6 is 11.6 Å². The first-order valence-corrected chi connectivity index (χ1v) is 10.6. The zero-order valence-corrected chi connectivity index (χ0v) is 17.9. The summed E-state index contributed by atoms with van der Waals surface area (Å²) in [6, 6.07) is 15.4. The molecule has 0 N–H and O–H groups in total. The summed E-state index contributed by atoms with van der Waals surface area (Å²) in [7, 11) is 0. The van der Waals surface area contributed by atoms with E-state index in [1.165, 1.54) is 23.3 Å². The standard InChI is InChI=1S/C24H15ClF4N2O3/c25-15-10-6-11-16(26)18(15)20-19-21(34-31(20)13-7-2-1-3-8-13)23(33)30(22(19)32)17-12-5-4-9-14(17)24(27,28)29/h1-12,19-21H/t19-,20+,21-/m1/s1. The highest BCUT2D eigenvalue weighted by Gasteiger charge is 2.61. The zero-order chi connectivity index (χ0) is 24.2. The van der Waals surface area contributed by atoms with Crippen molar-refractivity contribution in [1.29, 1.82) is 0 Å². The smallest absolute Gasteiger partial charge is 0.273 e. The van der Waals surface area contributed by atoms with Crippen molar-refractivity contribution in [3.8, 4) is 0 Å². The number of alkyl halides is 3. The van der Waals surface area contributed by atoms with E-state index in [1.807, 2.05) is 0 Å². The van der Waals surface area contributed by atoms with Crippen LogP contribution in [0, 0.1) is 11.7 Å². The van der Waals surface area contributed by atoms with E-state index in [1.54, 1.807) is 30.3 Å². The molecule has 3 aromatic rings. The molecule has 0 aromatic heterocycles. The number of hydrogen-bond acceptors (Lipinski definition) is 4. The highest BCUT2D eigenvalue weighted by molar-refractivity contribution is 6.31. The molecule has 0 aliphatic carbocycles. The Morgan fingerprint density at radius 2 is 1.53 bits per heavy atom. The summed E-state index contributed by atoms with van der Waals surface area (Å²) in [5.41, 5.74) is -1.42. The summed E-state index contributed by atoms with van der Waals surface area (Å²) in [4.78, 5) is 33.1. The van der Waals surface area contributed by atoms with Crippen molar-refractivity contribution in [2.75, 3.05) is 9.96 Å². The minimum absolute atomic E-state index is 0.00966. The average molecular weight is 491 g/mol. The number of para-hydroxylation sites is 2. The third-order valence-corrected chi connectivity index (χ3v) is 6.20. The molecule has 2 fully saturated rings. The normalized spacial score (nSPS) is 22.4. The number of hydrogen-bond donors (Lipinski definition) is 0. The number of fused-ring (bicyclic) bond motifs is 1. The van der Waals surface area contributed by atoms with Crippen molar-refractivity contribution in [2.24, 2.45) is 5.92 Å². The largest absolute Gasteiger partial charge is 0.418 e. The molecule has 3 atom stereocenters. The van der Waals surface area contributed by atoms with Crippen molar-refractivity contribution < 1.29 is 32.0 Å². The fourth-order valence-electron chi connectivity index (χ4n) is 4.45. The van der Waals surface area contributed by atoms with Crippen molar-refractivity contribution in [3.63, 3.8) is 0 Å². The number of carbonyl (C=O) groups excluding carboxylic acids is 2. The van der Waals surface area contributed by atoms with E-state index in [2.05, 4.69) is 0 Å². The maximum Gasteiger partial charge on any atom is 0.418 e. The molecule has 2 aliphatic heterocycles. The lowest BCUT2D eigenvalue weighted by molar-refractivity contribution is -0.137. The van der Waals surface area contributed by atoms with Crippen LogP contribution in [-0.4, -0.2) is 17.9 Å². The monoisotopic (exact) mass is 490 g/mol. The molecular formula is C24H15ClF4N2O3. The molecule has 3 aromatic carbocycles. The van der Waals surface area contributed by atoms with E-state index < -0.39 is 53.1 Å². The summed E-state index contributed by atoms with van der Waals surface area (Å²) >= 11 is 6.29. The quantitative estimate of drug-likeness (QED) is 0.357. The number of anilines is 2. The van der Waals surface area contributed by atoms with Gasteiger partial charge in [-0.25, -0.2) is 14.4 Å². The van der Waals surface area contributed by atoms with Gasteiger partial charge in [0, 0.05) is 10.6 Å². The zero-order valence-electron chi connectivity index (χ0n) is 17.2. The fraction of sp³-hybridized carbons (Fsp3) is 0.167. The molecule has 174 valence electrons. The molecule has 5 rings (SSSR count). The van der Waals surface area contributed by atoms with Gasteiger partial charge in [0.05, 0.1) is 16.9 Å². The van der Waals surface area contributed by atoms with Gasteiger partial charge in [-0.05, 0) is 36.4 Å². The van der Waals surface area contributed by atoms with Crippen LogP contribution in [0.25, 0.3) is 0 Å². The first kappa shape index (κ1) is 22.4. The molecule has 0 unspecified atom stereocenters. The van der Waals surface area contributed by atoms with Crippen LogP contribution in [0.1, 0.15) is 17.2 Å². The second-order valence-corrected chi connectivity index (χ2v) is 8.23. The van der Waals surface area contributed by atoms with Crippen LogP contribution < -0.4 is 9.96 Å². The lowest BCUT2D eigenvalue weighted by Gasteiger charge is -2.29. The van der Waals surface area contributed by atoms with E-state index >= 15 is 0 Å². The van der Waals surface area contributed by atoms with E-state index in [0.717, 1.165) is 24.3 Å². The van der Waals surface area contributed by atoms with Crippen molar-refractivity contribution in [1.82, 2.24) is 0 Å². The van der Waals surface area contributed by atoms with Gasteiger partial charge in [0.15, 0.2) is 6.10 Å². The summed E-state index contributed by atoms with van der Waals surface area (Å²) in [5, 5.41) is 1.21. The molecule has 2 heterocycles. The molecule has 0 saturated carbocycles. The van der Waals surface area contributed by atoms with Crippen molar-refractivity contribution in [3.05, 3.63) is 94.8 Å². The van der Waals surface area contributed by atoms with Crippen molar-refractivity contribution in [2.45, 2.75) is 18.3 Å². The first-order chi connectivity index (χ1) is 16.2. The summed E-state index contributed by atoms with van der Waals surface area (Å²) in [5.74, 6) is -3.97. The molecule has 2 amide bonds. The number of benzene rings is 3. The van der Waals surface area contributed by atoms with Gasteiger partial charge in [0.2, 0.25) is 5.91 Å². The molecule has 0 spiro atoms. The van der Waals surface area contributed by atoms with Gasteiger partial charge >= 0.3 is 6.18 Å². The Kier molecular flexibility index (Phi) is 5.33. The SMILES string of the molecule is O=C1[C@H]2[C@@H](ON(c3ccccc3)[C@H]2c2c(F)cccc2Cl)C(=O)N1c1ccccc1C(F)(F)F. The third kappa shape index (κ3) is 3.43. The van der Waals surface area contributed by atoms with Gasteiger partial charge in [0.25, 0.3) is 5.91 Å². The van der Waals surface area contributed by atoms with Gasteiger partial charge in [-0.1, -0.05) is 48.0 Å². The summed E-state index contributed by atoms with van der Waals surface area (Å²) < 4.78 is 55.9. The second-order valence-electron chi connectivity index (χ2n) is 7.82. The van der Waals surface area contributed by atoms with Crippen LogP contribution in [0.2, 0.25) is 5.02 Å². The Bertz CT molecular complexity index is 1260. The van der Waals surface area contributed by atoms with Crippen LogP contribution in [0.4, 0.5) is 28.9 Å². The van der Waals surface area contributed by atoms with E-state index in [-0.39, 0.29) is 10.6 Å². The highest BCUT2D eigenvalue weighted by Crippen LogP contribution is 2.50. The average Bonchev–Trinajstić information content (AvgIpc) is 3.30. The van der Waals surface area contributed by atoms with Gasteiger partial charge in [0.1, 0.15) is 17.8 Å². The summed E-state index contributed by atoms with van der Waals surface area (Å²) in [6.45, 7) is 0. The number of carbonyl (C=O) groups is 2. The Hall–Kier alpha value is -3.43. The van der Waals surface area contributed by atoms with Crippen LogP contribution in [0.5, 0.6) is 0 Å². The van der Waals surface area contributed by atoms with Crippen LogP contribution in [0.15, 0.2) is 72.8 Å². The Balaban J connectivity index is 1.65. The lowest BCUT2D eigenvalue weighted by Crippen LogP contribution is -2.38. The molecule has 2 saturated heterocycles.